The highest BCUT2D eigenvalue weighted by Crippen LogP contribution is 2.33. The molecule has 1 amide bonds. The van der Waals surface area contributed by atoms with Crippen LogP contribution in [0.25, 0.3) is 5.65 Å². The molecule has 6 nitrogen and oxygen atoms in total. The first-order chi connectivity index (χ1) is 11.7. The van der Waals surface area contributed by atoms with Crippen LogP contribution >= 0.6 is 11.6 Å². The normalized spacial score (nSPS) is 26.8. The molecule has 2 aromatic rings. The molecule has 0 radical (unpaired) electrons. The van der Waals surface area contributed by atoms with E-state index < -0.39 is 0 Å². The minimum Gasteiger partial charge on any atom is -0.376 e. The molecule has 1 aliphatic heterocycles. The highest BCUT2D eigenvalue weighted by molar-refractivity contribution is 6.30. The van der Waals surface area contributed by atoms with Crippen LogP contribution in [0.15, 0.2) is 24.5 Å². The van der Waals surface area contributed by atoms with Crippen LogP contribution in [-0.2, 0) is 9.47 Å². The number of pyridine rings is 1. The van der Waals surface area contributed by atoms with Crippen molar-refractivity contribution in [2.45, 2.75) is 38.0 Å². The van der Waals surface area contributed by atoms with Gasteiger partial charge in [-0.25, -0.2) is 4.98 Å². The lowest BCUT2D eigenvalue weighted by molar-refractivity contribution is -0.102. The summed E-state index contributed by atoms with van der Waals surface area (Å²) in [5, 5.41) is 0.612. The summed E-state index contributed by atoms with van der Waals surface area (Å²) in [6, 6.07) is 3.64. The van der Waals surface area contributed by atoms with Crippen molar-refractivity contribution in [1.82, 2.24) is 14.3 Å². The summed E-state index contributed by atoms with van der Waals surface area (Å²) in [5.41, 5.74) is 1.16. The van der Waals surface area contributed by atoms with Gasteiger partial charge in [-0.3, -0.25) is 4.79 Å². The number of rotatable bonds is 3. The van der Waals surface area contributed by atoms with Crippen LogP contribution in [0, 0.1) is 0 Å². The minimum absolute atomic E-state index is 0.0332. The number of aromatic nitrogens is 2. The molecule has 0 unspecified atom stereocenters. The molecule has 3 atom stereocenters. The zero-order valence-electron chi connectivity index (χ0n) is 13.5. The van der Waals surface area contributed by atoms with Gasteiger partial charge in [-0.05, 0) is 31.9 Å². The highest BCUT2D eigenvalue weighted by atomic mass is 35.5. The summed E-state index contributed by atoms with van der Waals surface area (Å²) in [5.74, 6) is -0.0507. The van der Waals surface area contributed by atoms with Gasteiger partial charge in [0.2, 0.25) is 0 Å². The number of ether oxygens (including phenoxy) is 2. The van der Waals surface area contributed by atoms with E-state index in [9.17, 15) is 4.79 Å². The largest absolute Gasteiger partial charge is 0.376 e. The standard InChI is InChI=1S/C17H20ClN3O3/c1-2-23-14-5-4-13-16(14)24-8-7-21(13)17(22)12-10-20-9-11(18)3-6-15(20)19-12/h3,6,9-10,13-14,16H,2,4-5,7-8H2,1H3/t13-,14+,16+/m0/s1. The Bertz CT molecular complexity index is 763. The van der Waals surface area contributed by atoms with Crippen molar-refractivity contribution in [1.29, 1.82) is 0 Å². The number of carbonyl (C=O) groups excluding carboxylic acids is 1. The first-order valence-corrected chi connectivity index (χ1v) is 8.73. The average molecular weight is 350 g/mol. The van der Waals surface area contributed by atoms with Crippen molar-refractivity contribution in [2.75, 3.05) is 19.8 Å². The van der Waals surface area contributed by atoms with Crippen molar-refractivity contribution in [3.8, 4) is 0 Å². The van der Waals surface area contributed by atoms with E-state index in [1.54, 1.807) is 22.9 Å². The second-order valence-electron chi connectivity index (χ2n) is 6.21. The maximum Gasteiger partial charge on any atom is 0.274 e. The predicted molar refractivity (Wildman–Crippen MR) is 89.4 cm³/mol. The third-order valence-electron chi connectivity index (χ3n) is 4.81. The van der Waals surface area contributed by atoms with Crippen molar-refractivity contribution < 1.29 is 14.3 Å². The number of halogens is 1. The van der Waals surface area contributed by atoms with Crippen molar-refractivity contribution >= 4 is 23.2 Å². The van der Waals surface area contributed by atoms with Crippen LogP contribution in [0.5, 0.6) is 0 Å². The number of nitrogens with zero attached hydrogens (tertiary/aromatic N) is 3. The summed E-state index contributed by atoms with van der Waals surface area (Å²) in [6.45, 7) is 3.78. The van der Waals surface area contributed by atoms with E-state index in [1.165, 1.54) is 0 Å². The summed E-state index contributed by atoms with van der Waals surface area (Å²) in [6.07, 6.45) is 5.37. The maximum absolute atomic E-state index is 13.0. The lowest BCUT2D eigenvalue weighted by Gasteiger charge is -2.38. The first kappa shape index (κ1) is 15.9. The number of fused-ring (bicyclic) bond motifs is 2. The molecular weight excluding hydrogens is 330 g/mol. The van der Waals surface area contributed by atoms with Gasteiger partial charge in [0.1, 0.15) is 17.4 Å². The Kier molecular flexibility index (Phi) is 4.20. The molecule has 24 heavy (non-hydrogen) atoms. The van der Waals surface area contributed by atoms with Crippen LogP contribution < -0.4 is 0 Å². The molecule has 1 saturated carbocycles. The second kappa shape index (κ2) is 6.35. The minimum atomic E-state index is -0.0507. The fourth-order valence-corrected chi connectivity index (χ4v) is 3.94. The molecular formula is C17H20ClN3O3. The number of imidazole rings is 1. The smallest absolute Gasteiger partial charge is 0.274 e. The summed E-state index contributed by atoms with van der Waals surface area (Å²) in [4.78, 5) is 19.3. The molecule has 0 bridgehead atoms. The van der Waals surface area contributed by atoms with E-state index in [2.05, 4.69) is 4.98 Å². The molecule has 3 heterocycles. The quantitative estimate of drug-likeness (QED) is 0.853. The van der Waals surface area contributed by atoms with E-state index >= 15 is 0 Å². The van der Waals surface area contributed by atoms with Crippen molar-refractivity contribution in [2.24, 2.45) is 0 Å². The number of morpholine rings is 1. The van der Waals surface area contributed by atoms with E-state index in [-0.39, 0.29) is 24.2 Å². The number of hydrogen-bond donors (Lipinski definition) is 0. The Morgan fingerprint density at radius 2 is 2.29 bits per heavy atom. The van der Waals surface area contributed by atoms with E-state index in [0.29, 0.717) is 36.1 Å². The Balaban J connectivity index is 1.58. The Hall–Kier alpha value is -1.63. The molecule has 1 saturated heterocycles. The second-order valence-corrected chi connectivity index (χ2v) is 6.65. The molecule has 128 valence electrons. The van der Waals surface area contributed by atoms with Crippen LogP contribution in [-0.4, -0.2) is 58.2 Å². The summed E-state index contributed by atoms with van der Waals surface area (Å²) >= 11 is 6.00. The molecule has 0 spiro atoms. The van der Waals surface area contributed by atoms with Crippen LogP contribution in [0.1, 0.15) is 30.3 Å². The Morgan fingerprint density at radius 1 is 1.42 bits per heavy atom. The molecule has 7 heteroatoms. The summed E-state index contributed by atoms with van der Waals surface area (Å²) < 4.78 is 13.4. The first-order valence-electron chi connectivity index (χ1n) is 8.36. The van der Waals surface area contributed by atoms with Crippen molar-refractivity contribution in [3.05, 3.63) is 35.2 Å². The zero-order valence-corrected chi connectivity index (χ0v) is 14.3. The fourth-order valence-electron chi connectivity index (χ4n) is 3.78. The predicted octanol–water partition coefficient (Wildman–Crippen LogP) is 2.40. The van der Waals surface area contributed by atoms with Gasteiger partial charge in [0, 0.05) is 25.5 Å². The van der Waals surface area contributed by atoms with Gasteiger partial charge in [-0.1, -0.05) is 11.6 Å². The van der Waals surface area contributed by atoms with Gasteiger partial charge in [0.15, 0.2) is 0 Å². The maximum atomic E-state index is 13.0. The third-order valence-corrected chi connectivity index (χ3v) is 5.03. The van der Waals surface area contributed by atoms with Gasteiger partial charge in [0.25, 0.3) is 5.91 Å². The van der Waals surface area contributed by atoms with Crippen LogP contribution in [0.4, 0.5) is 0 Å². The SMILES string of the molecule is CCO[C@@H]1CC[C@H]2[C@H]1OCCN2C(=O)c1cn2cc(Cl)ccc2n1. The number of carbonyl (C=O) groups is 1. The van der Waals surface area contributed by atoms with Gasteiger partial charge in [-0.15, -0.1) is 0 Å². The van der Waals surface area contributed by atoms with E-state index in [0.717, 1.165) is 12.8 Å². The van der Waals surface area contributed by atoms with Crippen molar-refractivity contribution in [3.63, 3.8) is 0 Å². The zero-order chi connectivity index (χ0) is 16.7. The van der Waals surface area contributed by atoms with Crippen LogP contribution in [0.2, 0.25) is 5.02 Å². The van der Waals surface area contributed by atoms with Gasteiger partial charge < -0.3 is 18.8 Å². The molecule has 2 aromatic heterocycles. The topological polar surface area (TPSA) is 56.1 Å². The van der Waals surface area contributed by atoms with Gasteiger partial charge in [-0.2, -0.15) is 0 Å². The van der Waals surface area contributed by atoms with E-state index in [4.69, 9.17) is 21.1 Å². The Labute approximate surface area is 145 Å². The molecule has 4 rings (SSSR count). The highest BCUT2D eigenvalue weighted by Gasteiger charge is 2.45. The van der Waals surface area contributed by atoms with E-state index in [1.807, 2.05) is 17.9 Å². The number of amides is 1. The lowest BCUT2D eigenvalue weighted by Crippen LogP contribution is -2.54. The third kappa shape index (κ3) is 2.68. The number of hydrogen-bond acceptors (Lipinski definition) is 4. The van der Waals surface area contributed by atoms with Gasteiger partial charge >= 0.3 is 0 Å². The van der Waals surface area contributed by atoms with Gasteiger partial charge in [0.05, 0.1) is 23.8 Å². The molecule has 0 aromatic carbocycles. The molecule has 1 aliphatic carbocycles. The monoisotopic (exact) mass is 349 g/mol. The summed E-state index contributed by atoms with van der Waals surface area (Å²) in [7, 11) is 0. The lowest BCUT2D eigenvalue weighted by atomic mass is 10.1. The molecule has 2 fully saturated rings. The molecule has 2 aliphatic rings. The fraction of sp³-hybridized carbons (Fsp3) is 0.529. The molecule has 0 N–H and O–H groups in total. The average Bonchev–Trinajstić information content (AvgIpc) is 3.18. The van der Waals surface area contributed by atoms with Crippen LogP contribution in [0.3, 0.4) is 0 Å². The Morgan fingerprint density at radius 3 is 3.12 bits per heavy atom.